The summed E-state index contributed by atoms with van der Waals surface area (Å²) in [6, 6.07) is 4.69. The summed E-state index contributed by atoms with van der Waals surface area (Å²) in [5.41, 5.74) is 2.54. The molecule has 0 atom stereocenters. The quantitative estimate of drug-likeness (QED) is 0.747. The molecule has 27 heavy (non-hydrogen) atoms. The molecular weight excluding hydrogens is 341 g/mol. The predicted molar refractivity (Wildman–Crippen MR) is 111 cm³/mol. The largest absolute Gasteiger partial charge is 0.386 e. The highest BCUT2D eigenvalue weighted by molar-refractivity contribution is 5.70. The molecule has 152 valence electrons. The van der Waals surface area contributed by atoms with Crippen LogP contribution in [0.2, 0.25) is 0 Å². The van der Waals surface area contributed by atoms with Gasteiger partial charge in [-0.15, -0.1) is 0 Å². The minimum absolute atomic E-state index is 0.156. The molecule has 1 aliphatic heterocycles. The molecule has 0 bridgehead atoms. The zero-order chi connectivity index (χ0) is 19.4. The summed E-state index contributed by atoms with van der Waals surface area (Å²) < 4.78 is 19.8. The second-order valence-electron chi connectivity index (χ2n) is 8.47. The van der Waals surface area contributed by atoms with Gasteiger partial charge in [0, 0.05) is 32.2 Å². The Labute approximate surface area is 163 Å². The average molecular weight is 378 g/mol. The summed E-state index contributed by atoms with van der Waals surface area (Å²) >= 11 is 0. The number of hydrogen-bond donors (Lipinski definition) is 2. The van der Waals surface area contributed by atoms with Gasteiger partial charge in [-0.2, -0.15) is 0 Å². The zero-order valence-electron chi connectivity index (χ0n) is 17.4. The van der Waals surface area contributed by atoms with Gasteiger partial charge in [-0.1, -0.05) is 0 Å². The molecule has 5 heteroatoms. The van der Waals surface area contributed by atoms with Crippen LogP contribution >= 0.6 is 0 Å². The van der Waals surface area contributed by atoms with Gasteiger partial charge < -0.3 is 20.3 Å². The van der Waals surface area contributed by atoms with E-state index in [1.54, 1.807) is 6.07 Å². The van der Waals surface area contributed by atoms with E-state index in [1.807, 2.05) is 20.0 Å². The molecule has 0 amide bonds. The van der Waals surface area contributed by atoms with Crippen LogP contribution in [0.1, 0.15) is 57.9 Å². The van der Waals surface area contributed by atoms with Crippen molar-refractivity contribution in [3.05, 3.63) is 23.5 Å². The maximum Gasteiger partial charge on any atom is 0.128 e. The zero-order valence-corrected chi connectivity index (χ0v) is 17.4. The van der Waals surface area contributed by atoms with E-state index in [0.29, 0.717) is 23.8 Å². The maximum atomic E-state index is 13.8. The van der Waals surface area contributed by atoms with Gasteiger partial charge in [0.05, 0.1) is 23.6 Å². The SMILES string of the molecule is CNc1cc(F)c(C)cc1NC1CCN(C2CCC(OC(C)C)CC2)CC1. The lowest BCUT2D eigenvalue weighted by Crippen LogP contribution is -2.46. The number of ether oxygens (including phenoxy) is 1. The van der Waals surface area contributed by atoms with Crippen molar-refractivity contribution in [3.8, 4) is 0 Å². The van der Waals surface area contributed by atoms with E-state index < -0.39 is 0 Å². The molecule has 4 nitrogen and oxygen atoms in total. The van der Waals surface area contributed by atoms with Crippen molar-refractivity contribution in [2.45, 2.75) is 83.6 Å². The number of rotatable bonds is 6. The van der Waals surface area contributed by atoms with E-state index in [0.717, 1.165) is 43.3 Å². The van der Waals surface area contributed by atoms with Gasteiger partial charge in [0.25, 0.3) is 0 Å². The van der Waals surface area contributed by atoms with E-state index in [2.05, 4.69) is 29.4 Å². The minimum atomic E-state index is -0.156. The van der Waals surface area contributed by atoms with Crippen molar-refractivity contribution in [1.29, 1.82) is 0 Å². The molecule has 1 aromatic carbocycles. The summed E-state index contributed by atoms with van der Waals surface area (Å²) in [6.07, 6.45) is 7.99. The van der Waals surface area contributed by atoms with Crippen molar-refractivity contribution in [2.24, 2.45) is 0 Å². The Bertz CT molecular complexity index is 606. The van der Waals surface area contributed by atoms with Gasteiger partial charge >= 0.3 is 0 Å². The lowest BCUT2D eigenvalue weighted by Gasteiger charge is -2.41. The first-order valence-electron chi connectivity index (χ1n) is 10.6. The Morgan fingerprint density at radius 3 is 2.30 bits per heavy atom. The normalized spacial score (nSPS) is 25.0. The molecule has 0 unspecified atom stereocenters. The lowest BCUT2D eigenvalue weighted by molar-refractivity contribution is -0.0280. The smallest absolute Gasteiger partial charge is 0.128 e. The van der Waals surface area contributed by atoms with Gasteiger partial charge in [-0.25, -0.2) is 4.39 Å². The third-order valence-corrected chi connectivity index (χ3v) is 6.08. The van der Waals surface area contributed by atoms with Gasteiger partial charge in [-0.05, 0) is 77.0 Å². The highest BCUT2D eigenvalue weighted by Crippen LogP contribution is 2.30. The molecule has 1 saturated carbocycles. The molecule has 0 spiro atoms. The number of nitrogens with zero attached hydrogens (tertiary/aromatic N) is 1. The second-order valence-corrected chi connectivity index (χ2v) is 8.47. The van der Waals surface area contributed by atoms with Crippen molar-refractivity contribution in [1.82, 2.24) is 4.90 Å². The monoisotopic (exact) mass is 377 g/mol. The Morgan fingerprint density at radius 2 is 1.70 bits per heavy atom. The summed E-state index contributed by atoms with van der Waals surface area (Å²) in [7, 11) is 1.84. The molecule has 2 N–H and O–H groups in total. The Balaban J connectivity index is 1.48. The number of aryl methyl sites for hydroxylation is 1. The van der Waals surface area contributed by atoms with E-state index in [9.17, 15) is 4.39 Å². The lowest BCUT2D eigenvalue weighted by atomic mass is 9.90. The molecule has 1 heterocycles. The standard InChI is InChI=1S/C22H36FN3O/c1-15(2)27-19-7-5-18(6-8-19)26-11-9-17(10-12-26)25-22-13-16(3)20(23)14-21(22)24-4/h13-15,17-19,24-25H,5-12H2,1-4H3. The topological polar surface area (TPSA) is 36.5 Å². The highest BCUT2D eigenvalue weighted by atomic mass is 19.1. The van der Waals surface area contributed by atoms with Crippen molar-refractivity contribution >= 4 is 11.4 Å². The van der Waals surface area contributed by atoms with Gasteiger partial charge in [0.1, 0.15) is 5.82 Å². The van der Waals surface area contributed by atoms with Crippen LogP contribution in [0.4, 0.5) is 15.8 Å². The van der Waals surface area contributed by atoms with Gasteiger partial charge in [0.2, 0.25) is 0 Å². The highest BCUT2D eigenvalue weighted by Gasteiger charge is 2.29. The summed E-state index contributed by atoms with van der Waals surface area (Å²) in [5.74, 6) is -0.156. The Hall–Kier alpha value is -1.33. The van der Waals surface area contributed by atoms with Crippen LogP contribution in [-0.4, -0.2) is 49.3 Å². The third-order valence-electron chi connectivity index (χ3n) is 6.08. The first kappa shape index (κ1) is 20.4. The molecular formula is C22H36FN3O. The Morgan fingerprint density at radius 1 is 1.04 bits per heavy atom. The molecule has 1 saturated heterocycles. The summed E-state index contributed by atoms with van der Waals surface area (Å²) in [5, 5.41) is 6.75. The fraction of sp³-hybridized carbons (Fsp3) is 0.727. The summed E-state index contributed by atoms with van der Waals surface area (Å²) in [6.45, 7) is 8.38. The number of piperidine rings is 1. The van der Waals surface area contributed by atoms with Crippen LogP contribution < -0.4 is 10.6 Å². The second kappa shape index (κ2) is 9.24. The van der Waals surface area contributed by atoms with E-state index in [4.69, 9.17) is 4.74 Å². The van der Waals surface area contributed by atoms with Crippen LogP contribution in [0.15, 0.2) is 12.1 Å². The van der Waals surface area contributed by atoms with Gasteiger partial charge in [0.15, 0.2) is 0 Å². The maximum absolute atomic E-state index is 13.8. The van der Waals surface area contributed by atoms with Crippen LogP contribution in [0, 0.1) is 12.7 Å². The van der Waals surface area contributed by atoms with Gasteiger partial charge in [-0.3, -0.25) is 0 Å². The molecule has 2 aliphatic rings. The summed E-state index contributed by atoms with van der Waals surface area (Å²) in [4.78, 5) is 2.68. The van der Waals surface area contributed by atoms with Crippen molar-refractivity contribution in [3.63, 3.8) is 0 Å². The van der Waals surface area contributed by atoms with Crippen LogP contribution in [0.25, 0.3) is 0 Å². The molecule has 1 aliphatic carbocycles. The van der Waals surface area contributed by atoms with Crippen molar-refractivity contribution in [2.75, 3.05) is 30.8 Å². The molecule has 0 radical (unpaired) electrons. The number of likely N-dealkylation sites (tertiary alicyclic amines) is 1. The number of nitrogens with one attached hydrogen (secondary N) is 2. The average Bonchev–Trinajstić information content (AvgIpc) is 2.65. The number of anilines is 2. The van der Waals surface area contributed by atoms with E-state index in [1.165, 1.54) is 25.7 Å². The number of benzene rings is 1. The van der Waals surface area contributed by atoms with Crippen LogP contribution in [-0.2, 0) is 4.74 Å². The fourth-order valence-corrected chi connectivity index (χ4v) is 4.57. The van der Waals surface area contributed by atoms with Crippen LogP contribution in [0.3, 0.4) is 0 Å². The van der Waals surface area contributed by atoms with Crippen LogP contribution in [0.5, 0.6) is 0 Å². The van der Waals surface area contributed by atoms with E-state index in [-0.39, 0.29) is 5.82 Å². The number of hydrogen-bond acceptors (Lipinski definition) is 4. The fourth-order valence-electron chi connectivity index (χ4n) is 4.57. The first-order valence-corrected chi connectivity index (χ1v) is 10.6. The first-order chi connectivity index (χ1) is 13.0. The predicted octanol–water partition coefficient (Wildman–Crippen LogP) is 4.79. The molecule has 0 aromatic heterocycles. The Kier molecular flexibility index (Phi) is 6.99. The van der Waals surface area contributed by atoms with Crippen molar-refractivity contribution < 1.29 is 9.13 Å². The van der Waals surface area contributed by atoms with E-state index >= 15 is 0 Å². The molecule has 3 rings (SSSR count). The molecule has 2 fully saturated rings. The number of halogens is 1. The minimum Gasteiger partial charge on any atom is -0.386 e. The third kappa shape index (κ3) is 5.35. The molecule has 1 aromatic rings.